The lowest BCUT2D eigenvalue weighted by Crippen LogP contribution is -2.09. The van der Waals surface area contributed by atoms with Crippen molar-refractivity contribution in [2.75, 3.05) is 14.1 Å². The maximum Gasteiger partial charge on any atom is 0.0235 e. The molecule has 1 nitrogen and oxygen atoms in total. The summed E-state index contributed by atoms with van der Waals surface area (Å²) in [6, 6.07) is 2.24. The molecule has 0 fully saturated rings. The van der Waals surface area contributed by atoms with Gasteiger partial charge >= 0.3 is 0 Å². The number of aryl methyl sites for hydroxylation is 1. The maximum atomic E-state index is 2.24. The standard InChI is InChI=1S/C8H13NS.C2H6/c1-7-4-8(6-10-7)5-9(2)3;1-2/h4,6H,5H2,1-3H3;1-2H3. The van der Waals surface area contributed by atoms with Gasteiger partial charge in [-0.15, -0.1) is 11.3 Å². The lowest BCUT2D eigenvalue weighted by Gasteiger charge is -2.05. The Morgan fingerprint density at radius 2 is 1.92 bits per heavy atom. The third-order valence-corrected chi connectivity index (χ3v) is 2.19. The Hall–Kier alpha value is -0.340. The fourth-order valence-corrected chi connectivity index (χ4v) is 1.65. The number of thiophene rings is 1. The van der Waals surface area contributed by atoms with E-state index in [2.05, 4.69) is 37.4 Å². The predicted molar refractivity (Wildman–Crippen MR) is 57.8 cm³/mol. The first-order chi connectivity index (χ1) is 5.68. The Balaban J connectivity index is 0.000000561. The number of rotatable bonds is 2. The van der Waals surface area contributed by atoms with E-state index in [0.29, 0.717) is 0 Å². The van der Waals surface area contributed by atoms with Gasteiger partial charge in [-0.3, -0.25) is 0 Å². The molecule has 0 saturated heterocycles. The summed E-state index contributed by atoms with van der Waals surface area (Å²) in [5.41, 5.74) is 1.42. The highest BCUT2D eigenvalue weighted by Crippen LogP contribution is 2.13. The van der Waals surface area contributed by atoms with E-state index in [1.54, 1.807) is 0 Å². The molecular formula is C10H19NS. The average molecular weight is 185 g/mol. The summed E-state index contributed by atoms with van der Waals surface area (Å²) in [4.78, 5) is 3.58. The Kier molecular flexibility index (Phi) is 6.03. The largest absolute Gasteiger partial charge is 0.305 e. The second kappa shape index (κ2) is 6.21. The molecule has 1 aromatic rings. The number of hydrogen-bond acceptors (Lipinski definition) is 2. The molecule has 0 atom stereocenters. The molecule has 0 saturated carbocycles. The number of hydrogen-bond donors (Lipinski definition) is 0. The van der Waals surface area contributed by atoms with Gasteiger partial charge in [0.25, 0.3) is 0 Å². The van der Waals surface area contributed by atoms with Crippen molar-refractivity contribution in [3.8, 4) is 0 Å². The molecule has 0 bridgehead atoms. The number of nitrogens with zero attached hydrogens (tertiary/aromatic N) is 1. The van der Waals surface area contributed by atoms with Gasteiger partial charge in [0.05, 0.1) is 0 Å². The predicted octanol–water partition coefficient (Wildman–Crippen LogP) is 3.14. The van der Waals surface area contributed by atoms with Gasteiger partial charge in [-0.1, -0.05) is 13.8 Å². The van der Waals surface area contributed by atoms with Crippen LogP contribution in [-0.4, -0.2) is 19.0 Å². The highest BCUT2D eigenvalue weighted by Gasteiger charge is 1.95. The Morgan fingerprint density at radius 3 is 2.25 bits per heavy atom. The third-order valence-electron chi connectivity index (χ3n) is 1.28. The Morgan fingerprint density at radius 1 is 1.33 bits per heavy atom. The minimum Gasteiger partial charge on any atom is -0.305 e. The first-order valence-corrected chi connectivity index (χ1v) is 5.25. The van der Waals surface area contributed by atoms with E-state index in [-0.39, 0.29) is 0 Å². The molecule has 0 aliphatic rings. The minimum atomic E-state index is 1.06. The van der Waals surface area contributed by atoms with Gasteiger partial charge in [0.1, 0.15) is 0 Å². The molecule has 1 aromatic heterocycles. The van der Waals surface area contributed by atoms with Crippen LogP contribution < -0.4 is 0 Å². The first-order valence-electron chi connectivity index (χ1n) is 4.37. The highest BCUT2D eigenvalue weighted by molar-refractivity contribution is 7.10. The SMILES string of the molecule is CC.Cc1cc(CN(C)C)cs1. The van der Waals surface area contributed by atoms with E-state index in [4.69, 9.17) is 0 Å². The fraction of sp³-hybridized carbons (Fsp3) is 0.600. The van der Waals surface area contributed by atoms with Crippen LogP contribution in [0.5, 0.6) is 0 Å². The van der Waals surface area contributed by atoms with Crippen LogP contribution in [0, 0.1) is 6.92 Å². The van der Waals surface area contributed by atoms with Crippen LogP contribution in [0.25, 0.3) is 0 Å². The van der Waals surface area contributed by atoms with Crippen LogP contribution in [0.1, 0.15) is 24.3 Å². The van der Waals surface area contributed by atoms with Crippen molar-refractivity contribution in [2.45, 2.75) is 27.3 Å². The second-order valence-corrected chi connectivity index (χ2v) is 3.92. The van der Waals surface area contributed by atoms with E-state index < -0.39 is 0 Å². The molecule has 0 spiro atoms. The molecule has 0 amide bonds. The van der Waals surface area contributed by atoms with Gasteiger partial charge < -0.3 is 4.90 Å². The van der Waals surface area contributed by atoms with Gasteiger partial charge in [0, 0.05) is 11.4 Å². The van der Waals surface area contributed by atoms with Crippen molar-refractivity contribution in [1.82, 2.24) is 4.90 Å². The quantitative estimate of drug-likeness (QED) is 0.684. The van der Waals surface area contributed by atoms with Crippen molar-refractivity contribution < 1.29 is 0 Å². The van der Waals surface area contributed by atoms with E-state index in [1.807, 2.05) is 25.2 Å². The summed E-state index contributed by atoms with van der Waals surface area (Å²) in [7, 11) is 4.18. The van der Waals surface area contributed by atoms with Gasteiger partial charge in [0.15, 0.2) is 0 Å². The zero-order chi connectivity index (χ0) is 9.56. The van der Waals surface area contributed by atoms with E-state index in [0.717, 1.165) is 6.54 Å². The van der Waals surface area contributed by atoms with Crippen LogP contribution in [0.4, 0.5) is 0 Å². The normalized spacial score (nSPS) is 9.50. The highest BCUT2D eigenvalue weighted by atomic mass is 32.1. The van der Waals surface area contributed by atoms with Crippen molar-refractivity contribution in [3.63, 3.8) is 0 Å². The fourth-order valence-electron chi connectivity index (χ4n) is 0.946. The molecule has 0 N–H and O–H groups in total. The molecule has 0 aliphatic heterocycles. The average Bonchev–Trinajstić information content (AvgIpc) is 2.39. The summed E-state index contributed by atoms with van der Waals surface area (Å²) in [6.07, 6.45) is 0. The smallest absolute Gasteiger partial charge is 0.0235 e. The maximum absolute atomic E-state index is 2.24. The Bertz CT molecular complexity index is 203. The van der Waals surface area contributed by atoms with Crippen LogP contribution in [0.3, 0.4) is 0 Å². The van der Waals surface area contributed by atoms with Gasteiger partial charge in [-0.25, -0.2) is 0 Å². The third kappa shape index (κ3) is 4.52. The van der Waals surface area contributed by atoms with Gasteiger partial charge in [-0.05, 0) is 38.0 Å². The van der Waals surface area contributed by atoms with Gasteiger partial charge in [-0.2, -0.15) is 0 Å². The molecule has 0 radical (unpaired) electrons. The molecule has 12 heavy (non-hydrogen) atoms. The molecule has 1 rings (SSSR count). The van der Waals surface area contributed by atoms with E-state index in [9.17, 15) is 0 Å². The molecule has 0 unspecified atom stereocenters. The Labute approximate surface area is 80.0 Å². The second-order valence-electron chi connectivity index (χ2n) is 2.80. The zero-order valence-electron chi connectivity index (χ0n) is 8.72. The van der Waals surface area contributed by atoms with Crippen molar-refractivity contribution in [3.05, 3.63) is 21.9 Å². The van der Waals surface area contributed by atoms with Gasteiger partial charge in [0.2, 0.25) is 0 Å². The lowest BCUT2D eigenvalue weighted by atomic mass is 10.3. The van der Waals surface area contributed by atoms with Crippen LogP contribution in [0.2, 0.25) is 0 Å². The monoisotopic (exact) mass is 185 g/mol. The van der Waals surface area contributed by atoms with Crippen LogP contribution >= 0.6 is 11.3 Å². The molecule has 0 aromatic carbocycles. The molecule has 0 aliphatic carbocycles. The molecule has 70 valence electrons. The molecular weight excluding hydrogens is 166 g/mol. The minimum absolute atomic E-state index is 1.06. The van der Waals surface area contributed by atoms with Crippen molar-refractivity contribution in [2.24, 2.45) is 0 Å². The zero-order valence-corrected chi connectivity index (χ0v) is 9.53. The summed E-state index contributed by atoms with van der Waals surface area (Å²) < 4.78 is 0. The van der Waals surface area contributed by atoms with E-state index in [1.165, 1.54) is 10.4 Å². The van der Waals surface area contributed by atoms with Crippen LogP contribution in [-0.2, 0) is 6.54 Å². The first kappa shape index (κ1) is 11.7. The van der Waals surface area contributed by atoms with E-state index >= 15 is 0 Å². The lowest BCUT2D eigenvalue weighted by molar-refractivity contribution is 0.403. The van der Waals surface area contributed by atoms with Crippen molar-refractivity contribution >= 4 is 11.3 Å². The molecule has 2 heteroatoms. The summed E-state index contributed by atoms with van der Waals surface area (Å²) in [5, 5.41) is 2.22. The summed E-state index contributed by atoms with van der Waals surface area (Å²) in [5.74, 6) is 0. The topological polar surface area (TPSA) is 3.24 Å². The summed E-state index contributed by atoms with van der Waals surface area (Å²) >= 11 is 1.82. The van der Waals surface area contributed by atoms with Crippen LogP contribution in [0.15, 0.2) is 11.4 Å². The van der Waals surface area contributed by atoms with Crippen molar-refractivity contribution in [1.29, 1.82) is 0 Å². The summed E-state index contributed by atoms with van der Waals surface area (Å²) in [6.45, 7) is 7.20. The molecule has 1 heterocycles.